The lowest BCUT2D eigenvalue weighted by atomic mass is 9.83. The van der Waals surface area contributed by atoms with Gasteiger partial charge in [0, 0.05) is 36.4 Å². The minimum Gasteiger partial charge on any atom is -0.324 e. The Balaban J connectivity index is 1.72. The largest absolute Gasteiger partial charge is 0.324 e. The van der Waals surface area contributed by atoms with E-state index in [1.807, 2.05) is 10.9 Å². The van der Waals surface area contributed by atoms with Crippen LogP contribution in [0.3, 0.4) is 0 Å². The van der Waals surface area contributed by atoms with Crippen molar-refractivity contribution < 1.29 is 0 Å². The van der Waals surface area contributed by atoms with Crippen molar-refractivity contribution in [2.75, 3.05) is 7.05 Å². The molecule has 4 heteroatoms. The van der Waals surface area contributed by atoms with Gasteiger partial charge in [-0.05, 0) is 45.6 Å². The zero-order chi connectivity index (χ0) is 12.7. The molecule has 2 aliphatic heterocycles. The van der Waals surface area contributed by atoms with Gasteiger partial charge in [-0.15, -0.1) is 0 Å². The molecule has 3 unspecified atom stereocenters. The third kappa shape index (κ3) is 1.97. The topological polar surface area (TPSA) is 47.1 Å². The van der Waals surface area contributed by atoms with E-state index in [1.54, 1.807) is 0 Å². The first-order valence-electron chi connectivity index (χ1n) is 7.19. The zero-order valence-electron chi connectivity index (χ0n) is 11.4. The Labute approximate surface area is 109 Å². The Morgan fingerprint density at radius 1 is 1.39 bits per heavy atom. The van der Waals surface area contributed by atoms with E-state index >= 15 is 0 Å². The van der Waals surface area contributed by atoms with Gasteiger partial charge in [-0.1, -0.05) is 0 Å². The molecular weight excluding hydrogens is 224 g/mol. The highest BCUT2D eigenvalue weighted by Gasteiger charge is 2.40. The Morgan fingerprint density at radius 3 is 2.61 bits per heavy atom. The number of nitrogens with two attached hydrogens (primary N) is 1. The lowest BCUT2D eigenvalue weighted by Gasteiger charge is -2.38. The van der Waals surface area contributed by atoms with Crippen LogP contribution in [0.2, 0.25) is 0 Å². The molecule has 3 atom stereocenters. The normalized spacial score (nSPS) is 33.8. The van der Waals surface area contributed by atoms with Crippen LogP contribution < -0.4 is 5.73 Å². The molecule has 100 valence electrons. The lowest BCUT2D eigenvalue weighted by molar-refractivity contribution is 0.121. The number of aryl methyl sites for hydroxylation is 1. The van der Waals surface area contributed by atoms with Crippen LogP contribution in [-0.4, -0.2) is 33.8 Å². The molecule has 3 rings (SSSR count). The average molecular weight is 248 g/mol. The molecule has 0 spiro atoms. The fourth-order valence-electron chi connectivity index (χ4n) is 3.74. The highest BCUT2D eigenvalue weighted by molar-refractivity contribution is 5.13. The fraction of sp³-hybridized carbons (Fsp3) is 0.786. The van der Waals surface area contributed by atoms with Gasteiger partial charge in [0.25, 0.3) is 0 Å². The predicted molar refractivity (Wildman–Crippen MR) is 72.1 cm³/mol. The van der Waals surface area contributed by atoms with Crippen molar-refractivity contribution in [1.82, 2.24) is 14.7 Å². The Hall–Kier alpha value is -0.870. The van der Waals surface area contributed by atoms with Crippen LogP contribution in [0.1, 0.15) is 44.2 Å². The first kappa shape index (κ1) is 12.2. The summed E-state index contributed by atoms with van der Waals surface area (Å²) in [4.78, 5) is 2.57. The average Bonchev–Trinajstić information content (AvgIpc) is 2.91. The van der Waals surface area contributed by atoms with Gasteiger partial charge in [-0.3, -0.25) is 4.68 Å². The van der Waals surface area contributed by atoms with Crippen LogP contribution >= 0.6 is 0 Å². The van der Waals surface area contributed by atoms with E-state index in [0.29, 0.717) is 5.92 Å². The number of hydrogen-bond donors (Lipinski definition) is 1. The van der Waals surface area contributed by atoms with Gasteiger partial charge < -0.3 is 10.6 Å². The van der Waals surface area contributed by atoms with Gasteiger partial charge >= 0.3 is 0 Å². The van der Waals surface area contributed by atoms with Crippen LogP contribution in [0.25, 0.3) is 0 Å². The van der Waals surface area contributed by atoms with Crippen LogP contribution in [-0.2, 0) is 6.54 Å². The Bertz CT molecular complexity index is 400. The van der Waals surface area contributed by atoms with Gasteiger partial charge in [0.15, 0.2) is 0 Å². The van der Waals surface area contributed by atoms with E-state index in [-0.39, 0.29) is 6.04 Å². The van der Waals surface area contributed by atoms with Gasteiger partial charge in [0.05, 0.1) is 6.20 Å². The van der Waals surface area contributed by atoms with Crippen molar-refractivity contribution >= 4 is 0 Å². The summed E-state index contributed by atoms with van der Waals surface area (Å²) in [6, 6.07) is 1.70. The number of piperidine rings is 1. The first-order valence-corrected chi connectivity index (χ1v) is 7.19. The third-order valence-electron chi connectivity index (χ3n) is 5.00. The zero-order valence-corrected chi connectivity index (χ0v) is 11.4. The third-order valence-corrected chi connectivity index (χ3v) is 5.00. The van der Waals surface area contributed by atoms with Crippen molar-refractivity contribution in [3.05, 3.63) is 18.0 Å². The monoisotopic (exact) mass is 248 g/mol. The Kier molecular flexibility index (Phi) is 3.16. The highest BCUT2D eigenvalue weighted by atomic mass is 15.3. The van der Waals surface area contributed by atoms with Gasteiger partial charge in [0.2, 0.25) is 0 Å². The van der Waals surface area contributed by atoms with Crippen molar-refractivity contribution in [2.24, 2.45) is 11.7 Å². The molecule has 2 fully saturated rings. The SMILES string of the molecule is CCn1cc(C(N)C2CC3CCC(C2)N3C)cn1. The van der Waals surface area contributed by atoms with Gasteiger partial charge in [-0.2, -0.15) is 5.10 Å². The van der Waals surface area contributed by atoms with E-state index in [9.17, 15) is 0 Å². The van der Waals surface area contributed by atoms with Crippen molar-refractivity contribution in [2.45, 2.75) is 57.3 Å². The highest BCUT2D eigenvalue weighted by Crippen LogP contribution is 2.41. The smallest absolute Gasteiger partial charge is 0.0537 e. The molecule has 0 radical (unpaired) electrons. The van der Waals surface area contributed by atoms with Crippen molar-refractivity contribution in [1.29, 1.82) is 0 Å². The molecule has 0 saturated carbocycles. The second-order valence-corrected chi connectivity index (χ2v) is 5.94. The number of hydrogen-bond acceptors (Lipinski definition) is 3. The van der Waals surface area contributed by atoms with Gasteiger partial charge in [0.1, 0.15) is 0 Å². The summed E-state index contributed by atoms with van der Waals surface area (Å²) < 4.78 is 1.97. The fourth-order valence-corrected chi connectivity index (χ4v) is 3.74. The van der Waals surface area contributed by atoms with Crippen LogP contribution in [0.5, 0.6) is 0 Å². The second-order valence-electron chi connectivity index (χ2n) is 5.94. The van der Waals surface area contributed by atoms with Crippen LogP contribution in [0.4, 0.5) is 0 Å². The van der Waals surface area contributed by atoms with E-state index in [2.05, 4.69) is 30.2 Å². The molecular formula is C14H24N4. The summed E-state index contributed by atoms with van der Waals surface area (Å²) in [6.07, 6.45) is 9.30. The molecule has 2 N–H and O–H groups in total. The lowest BCUT2D eigenvalue weighted by Crippen LogP contribution is -2.42. The molecule has 4 nitrogen and oxygen atoms in total. The summed E-state index contributed by atoms with van der Waals surface area (Å²) in [5.41, 5.74) is 7.68. The van der Waals surface area contributed by atoms with E-state index in [1.165, 1.54) is 31.2 Å². The molecule has 0 amide bonds. The molecule has 2 bridgehead atoms. The molecule has 2 aliphatic rings. The molecule has 2 saturated heterocycles. The van der Waals surface area contributed by atoms with E-state index in [0.717, 1.165) is 18.6 Å². The maximum absolute atomic E-state index is 6.46. The van der Waals surface area contributed by atoms with Crippen molar-refractivity contribution in [3.8, 4) is 0 Å². The summed E-state index contributed by atoms with van der Waals surface area (Å²) >= 11 is 0. The van der Waals surface area contributed by atoms with Crippen LogP contribution in [0.15, 0.2) is 12.4 Å². The number of nitrogens with zero attached hydrogens (tertiary/aromatic N) is 3. The Morgan fingerprint density at radius 2 is 2.06 bits per heavy atom. The first-order chi connectivity index (χ1) is 8.69. The van der Waals surface area contributed by atoms with Crippen LogP contribution in [0, 0.1) is 5.92 Å². The quantitative estimate of drug-likeness (QED) is 0.887. The number of fused-ring (bicyclic) bond motifs is 2. The number of aromatic nitrogens is 2. The summed E-state index contributed by atoms with van der Waals surface area (Å²) in [7, 11) is 2.28. The molecule has 0 aromatic carbocycles. The summed E-state index contributed by atoms with van der Waals surface area (Å²) in [5.74, 6) is 0.633. The molecule has 1 aromatic rings. The van der Waals surface area contributed by atoms with E-state index < -0.39 is 0 Å². The standard InChI is InChI=1S/C14H24N4/c1-3-18-9-11(8-16-18)14(15)10-6-12-4-5-13(7-10)17(12)2/h8-10,12-14H,3-7,15H2,1-2H3. The second kappa shape index (κ2) is 4.67. The predicted octanol–water partition coefficient (Wildman–Crippen LogP) is 1.78. The number of rotatable bonds is 3. The maximum Gasteiger partial charge on any atom is 0.0537 e. The molecule has 3 heterocycles. The van der Waals surface area contributed by atoms with E-state index in [4.69, 9.17) is 5.73 Å². The summed E-state index contributed by atoms with van der Waals surface area (Å²) in [5, 5.41) is 4.35. The summed E-state index contributed by atoms with van der Waals surface area (Å²) in [6.45, 7) is 3.03. The molecule has 18 heavy (non-hydrogen) atoms. The minimum atomic E-state index is 0.169. The van der Waals surface area contributed by atoms with Crippen molar-refractivity contribution in [3.63, 3.8) is 0 Å². The maximum atomic E-state index is 6.46. The minimum absolute atomic E-state index is 0.169. The molecule has 0 aliphatic carbocycles. The van der Waals surface area contributed by atoms with Gasteiger partial charge in [-0.25, -0.2) is 0 Å². The molecule has 1 aromatic heterocycles.